The van der Waals surface area contributed by atoms with Gasteiger partial charge in [0.1, 0.15) is 0 Å². The number of nitrogen functional groups attached to an aromatic ring is 3. The van der Waals surface area contributed by atoms with Gasteiger partial charge >= 0.3 is 11.9 Å². The molecule has 1 aromatic rings. The molecular weight excluding hydrogens is 324 g/mol. The van der Waals surface area contributed by atoms with Crippen molar-refractivity contribution in [3.8, 4) is 0 Å². The molecule has 17 heteroatoms. The molecule has 22 heavy (non-hydrogen) atoms. The third-order valence-electron chi connectivity index (χ3n) is 0.687. The van der Waals surface area contributed by atoms with Crippen LogP contribution in [0.4, 0.5) is 17.8 Å². The van der Waals surface area contributed by atoms with Crippen molar-refractivity contribution in [3.05, 3.63) is 0 Å². The van der Waals surface area contributed by atoms with Crippen LogP contribution >= 0.6 is 0 Å². The molecule has 0 aliphatic carbocycles. The fraction of sp³-hybridized carbons (Fsp3) is 0. The quantitative estimate of drug-likeness (QED) is 0.0913. The van der Waals surface area contributed by atoms with E-state index in [0.29, 0.717) is 0 Å². The molecule has 128 valence electrons. The van der Waals surface area contributed by atoms with Crippen LogP contribution in [0.2, 0.25) is 0 Å². The third kappa shape index (κ3) is 54.1. The monoisotopic (exact) mass is 342 g/mol. The summed E-state index contributed by atoms with van der Waals surface area (Å²) in [7, 11) is -5.17. The largest absolute Gasteiger partial charge is 0.759 e. The molecule has 1 heterocycles. The lowest BCUT2D eigenvalue weighted by molar-refractivity contribution is -0.117. The van der Waals surface area contributed by atoms with Crippen molar-refractivity contribution < 1.29 is 28.3 Å². The predicted octanol–water partition coefficient (Wildman–Crippen LogP) is -8.68. The number of nitrogens with zero attached hydrogens (tertiary/aromatic N) is 3. The lowest BCUT2D eigenvalue weighted by Gasteiger charge is -2.06. The first-order chi connectivity index (χ1) is 9.65. The molecule has 0 saturated carbocycles. The summed E-state index contributed by atoms with van der Waals surface area (Å²) >= 11 is 0. The number of anilines is 3. The van der Waals surface area contributed by atoms with Gasteiger partial charge < -0.3 is 26.3 Å². The highest BCUT2D eigenvalue weighted by molar-refractivity contribution is 7.79. The molecule has 0 aromatic carbocycles. The molecule has 0 saturated heterocycles. The van der Waals surface area contributed by atoms with Crippen molar-refractivity contribution in [2.24, 2.45) is 22.9 Å². The van der Waals surface area contributed by atoms with E-state index in [2.05, 4.69) is 48.7 Å². The first kappa shape index (κ1) is 23.9. The van der Waals surface area contributed by atoms with Crippen molar-refractivity contribution >= 4 is 40.2 Å². The topological polar surface area (TPSA) is 352 Å². The van der Waals surface area contributed by atoms with Crippen LogP contribution in [0.25, 0.3) is 0 Å². The molecule has 0 amide bonds. The van der Waals surface area contributed by atoms with Gasteiger partial charge in [-0.25, -0.2) is 0 Å². The van der Waals surface area contributed by atoms with E-state index in [-0.39, 0.29) is 29.8 Å². The van der Waals surface area contributed by atoms with Crippen LogP contribution in [0, 0.1) is 0 Å². The molecule has 0 fully saturated rings. The molecule has 0 aliphatic rings. The van der Waals surface area contributed by atoms with Crippen molar-refractivity contribution in [2.75, 3.05) is 17.2 Å². The van der Waals surface area contributed by atoms with Gasteiger partial charge in [0, 0.05) is 10.4 Å². The van der Waals surface area contributed by atoms with E-state index in [0.717, 1.165) is 0 Å². The van der Waals surface area contributed by atoms with Crippen molar-refractivity contribution in [1.82, 2.24) is 15.0 Å². The molecule has 0 unspecified atom stereocenters. The van der Waals surface area contributed by atoms with Crippen LogP contribution in [0.1, 0.15) is 0 Å². The van der Waals surface area contributed by atoms with Crippen LogP contribution in [0.15, 0.2) is 0 Å². The number of rotatable bonds is 0. The van der Waals surface area contributed by atoms with Crippen molar-refractivity contribution in [3.63, 3.8) is 0 Å². The Kier molecular flexibility index (Phi) is 12.6. The Balaban J connectivity index is -0.000000240. The van der Waals surface area contributed by atoms with Crippen molar-refractivity contribution in [1.29, 1.82) is 0 Å². The summed E-state index contributed by atoms with van der Waals surface area (Å²) in [6.45, 7) is 0. The van der Waals surface area contributed by atoms with Crippen LogP contribution in [0.3, 0.4) is 0 Å². The molecule has 0 radical (unpaired) electrons. The van der Waals surface area contributed by atoms with Gasteiger partial charge in [-0.1, -0.05) is 0 Å². The fourth-order valence-electron chi connectivity index (χ4n) is 0.427. The lowest BCUT2D eigenvalue weighted by atomic mass is 10.9. The minimum atomic E-state index is -5.17. The van der Waals surface area contributed by atoms with Crippen LogP contribution in [0.5, 0.6) is 0 Å². The van der Waals surface area contributed by atoms with Gasteiger partial charge in [0.15, 0.2) is 0 Å². The molecule has 0 atom stereocenters. The van der Waals surface area contributed by atoms with Crippen LogP contribution < -0.4 is 51.0 Å². The Morgan fingerprint density at radius 3 is 0.955 bits per heavy atom. The van der Waals surface area contributed by atoms with Crippen LogP contribution in [-0.4, -0.2) is 44.4 Å². The maximum absolute atomic E-state index is 8.52. The summed E-state index contributed by atoms with van der Waals surface area (Å²) in [6.07, 6.45) is 0. The van der Waals surface area contributed by atoms with E-state index >= 15 is 0 Å². The Bertz CT molecular complexity index is 494. The zero-order valence-corrected chi connectivity index (χ0v) is 11.9. The number of nitrogens with two attached hydrogens (primary N) is 9. The Labute approximate surface area is 124 Å². The van der Waals surface area contributed by atoms with E-state index in [1.807, 2.05) is 0 Å². The second-order valence-corrected chi connectivity index (χ2v) is 3.63. The van der Waals surface area contributed by atoms with Gasteiger partial charge in [0.25, 0.3) is 0 Å². The smallest absolute Gasteiger partial charge is 0.336 e. The van der Waals surface area contributed by atoms with Gasteiger partial charge in [-0.3, -0.25) is 42.2 Å². The molecule has 0 bridgehead atoms. The van der Waals surface area contributed by atoms with E-state index in [1.54, 1.807) is 0 Å². The average molecular weight is 342 g/mol. The lowest BCUT2D eigenvalue weighted by Crippen LogP contribution is -2.51. The maximum atomic E-state index is 8.52. The molecular formula is C5H18N12O4S. The maximum Gasteiger partial charge on any atom is 0.336 e. The van der Waals surface area contributed by atoms with Gasteiger partial charge in [0.2, 0.25) is 17.8 Å². The highest BCUT2D eigenvalue weighted by Gasteiger charge is 1.93. The minimum absolute atomic E-state index is 0.0417. The first-order valence-corrected chi connectivity index (χ1v) is 5.94. The number of guanidine groups is 2. The zero-order chi connectivity index (χ0) is 18.5. The minimum Gasteiger partial charge on any atom is -0.759 e. The van der Waals surface area contributed by atoms with E-state index in [4.69, 9.17) is 34.7 Å². The standard InChI is InChI=1S/C3H6N6.2CH5N3.H2O4S/c4-1-7-2(5)9-3(6)8-1;2*2-1(3)4;1-5(2,3)4/h(H6,4,5,6,7,8,9);2*(H5,2,3,4);(H2,1,2,3,4). The van der Waals surface area contributed by atoms with Gasteiger partial charge in [0.05, 0.1) is 0 Å². The fourth-order valence-corrected chi connectivity index (χ4v) is 0.427. The van der Waals surface area contributed by atoms with Gasteiger partial charge in [-0.05, 0) is 0 Å². The number of hydrogen-bond donors (Lipinski definition) is 9. The molecule has 0 spiro atoms. The zero-order valence-electron chi connectivity index (χ0n) is 11.1. The second-order valence-electron chi connectivity index (χ2n) is 2.82. The summed E-state index contributed by atoms with van der Waals surface area (Å²) in [5.74, 6) is -0.0417. The second kappa shape index (κ2) is 11.6. The highest BCUT2D eigenvalue weighted by Crippen LogP contribution is 1.97. The Morgan fingerprint density at radius 2 is 0.864 bits per heavy atom. The number of aromatic nitrogens is 3. The van der Waals surface area contributed by atoms with Crippen molar-refractivity contribution in [2.45, 2.75) is 0 Å². The number of hydrogen-bond acceptors (Lipinski definition) is 10. The summed E-state index contributed by atoms with van der Waals surface area (Å²) < 4.78 is 34.1. The Hall–Kier alpha value is -3.18. The first-order valence-electron chi connectivity index (χ1n) is 4.61. The van der Waals surface area contributed by atoms with Gasteiger partial charge in [-0.15, -0.1) is 0 Å². The molecule has 18 N–H and O–H groups in total. The average Bonchev–Trinajstić information content (AvgIpc) is 2.08. The SMILES string of the molecule is NC(N)=[NH2+].NC(N)=[NH2+].Nc1nc(N)nc(N)n1.O=S(=O)([O-])[O-]. The third-order valence-corrected chi connectivity index (χ3v) is 0.687. The molecule has 1 aromatic heterocycles. The molecule has 1 rings (SSSR count). The normalized spacial score (nSPS) is 8.64. The molecule has 16 nitrogen and oxygen atoms in total. The Morgan fingerprint density at radius 1 is 0.773 bits per heavy atom. The summed E-state index contributed by atoms with van der Waals surface area (Å²) in [5.41, 5.74) is 33.7. The van der Waals surface area contributed by atoms with Gasteiger partial charge in [-0.2, -0.15) is 15.0 Å². The van der Waals surface area contributed by atoms with E-state index < -0.39 is 10.4 Å². The molecule has 0 aliphatic heterocycles. The highest BCUT2D eigenvalue weighted by atomic mass is 32.3. The summed E-state index contributed by atoms with van der Waals surface area (Å²) in [6, 6.07) is 0. The summed E-state index contributed by atoms with van der Waals surface area (Å²) in [5, 5.41) is 9.17. The van der Waals surface area contributed by atoms with E-state index in [9.17, 15) is 0 Å². The predicted molar refractivity (Wildman–Crippen MR) is 74.2 cm³/mol. The summed E-state index contributed by atoms with van der Waals surface area (Å²) in [4.78, 5) is 10.5. The van der Waals surface area contributed by atoms with Crippen LogP contribution in [-0.2, 0) is 10.4 Å². The van der Waals surface area contributed by atoms with E-state index in [1.165, 1.54) is 0 Å².